The number of nitrogens with zero attached hydrogens (tertiary/aromatic N) is 4. The Bertz CT molecular complexity index is 1350. The fourth-order valence-corrected chi connectivity index (χ4v) is 4.27. The summed E-state index contributed by atoms with van der Waals surface area (Å²) in [4.78, 5) is 28.3. The lowest BCUT2D eigenvalue weighted by molar-refractivity contribution is 0.0174. The van der Waals surface area contributed by atoms with Gasteiger partial charge in [-0.3, -0.25) is 14.3 Å². The molecular formula is C25H24F2N4O2. The minimum absolute atomic E-state index is 0.0125. The van der Waals surface area contributed by atoms with Gasteiger partial charge in [0.15, 0.2) is 0 Å². The second kappa shape index (κ2) is 8.75. The first-order chi connectivity index (χ1) is 15.7. The molecule has 33 heavy (non-hydrogen) atoms. The Kier molecular flexibility index (Phi) is 6.00. The van der Waals surface area contributed by atoms with Crippen molar-refractivity contribution in [3.8, 4) is 6.07 Å². The lowest BCUT2D eigenvalue weighted by Crippen LogP contribution is -2.47. The molecule has 4 rings (SSSR count). The smallest absolute Gasteiger partial charge is 0.300 e. The first-order valence-corrected chi connectivity index (χ1v) is 10.7. The fraction of sp³-hybridized carbons (Fsp3) is 0.320. The van der Waals surface area contributed by atoms with E-state index in [4.69, 9.17) is 5.26 Å². The average molecular weight is 450 g/mol. The number of aromatic nitrogens is 2. The first-order valence-electron chi connectivity index (χ1n) is 10.7. The molecule has 0 aliphatic carbocycles. The summed E-state index contributed by atoms with van der Waals surface area (Å²) in [6.07, 6.45) is 0.565. The average Bonchev–Trinajstić information content (AvgIpc) is 2.80. The van der Waals surface area contributed by atoms with Gasteiger partial charge in [-0.1, -0.05) is 36.4 Å². The number of nitriles is 1. The van der Waals surface area contributed by atoms with Crippen molar-refractivity contribution in [2.75, 3.05) is 6.54 Å². The zero-order chi connectivity index (χ0) is 23.8. The van der Waals surface area contributed by atoms with E-state index in [2.05, 4.69) is 11.0 Å². The number of halogens is 2. The van der Waals surface area contributed by atoms with Crippen LogP contribution in [0.2, 0.25) is 0 Å². The maximum Gasteiger partial charge on any atom is 0.331 e. The quantitative estimate of drug-likeness (QED) is 0.599. The summed E-state index contributed by atoms with van der Waals surface area (Å²) >= 11 is 0. The van der Waals surface area contributed by atoms with Gasteiger partial charge in [-0.05, 0) is 23.3 Å². The summed E-state index contributed by atoms with van der Waals surface area (Å²) in [5, 5.41) is 9.12. The highest BCUT2D eigenvalue weighted by atomic mass is 19.3. The van der Waals surface area contributed by atoms with Crippen LogP contribution in [0.25, 0.3) is 0 Å². The van der Waals surface area contributed by atoms with E-state index < -0.39 is 11.6 Å². The monoisotopic (exact) mass is 450 g/mol. The van der Waals surface area contributed by atoms with Gasteiger partial charge in [0.05, 0.1) is 23.7 Å². The number of fused-ring (bicyclic) bond motifs is 1. The highest BCUT2D eigenvalue weighted by molar-refractivity contribution is 5.33. The molecule has 0 saturated heterocycles. The molecule has 0 spiro atoms. The molecule has 1 aliphatic heterocycles. The molecule has 1 aliphatic rings. The molecule has 6 nitrogen and oxygen atoms in total. The minimum Gasteiger partial charge on any atom is -0.300 e. The summed E-state index contributed by atoms with van der Waals surface area (Å²) in [6, 6.07) is 15.2. The van der Waals surface area contributed by atoms with Crippen molar-refractivity contribution in [3.63, 3.8) is 0 Å². The van der Waals surface area contributed by atoms with Gasteiger partial charge in [0.2, 0.25) is 0 Å². The van der Waals surface area contributed by atoms with Crippen molar-refractivity contribution in [1.29, 1.82) is 5.26 Å². The lowest BCUT2D eigenvalue weighted by atomic mass is 10.0. The van der Waals surface area contributed by atoms with Crippen molar-refractivity contribution >= 4 is 0 Å². The molecule has 0 amide bonds. The van der Waals surface area contributed by atoms with Crippen molar-refractivity contribution in [1.82, 2.24) is 14.0 Å². The van der Waals surface area contributed by atoms with Gasteiger partial charge < -0.3 is 4.57 Å². The van der Waals surface area contributed by atoms with E-state index in [1.165, 1.54) is 28.8 Å². The Labute approximate surface area is 189 Å². The highest BCUT2D eigenvalue weighted by Crippen LogP contribution is 2.27. The van der Waals surface area contributed by atoms with Crippen LogP contribution < -0.4 is 11.2 Å². The van der Waals surface area contributed by atoms with Crippen molar-refractivity contribution in [2.45, 2.75) is 38.9 Å². The Morgan fingerprint density at radius 2 is 1.79 bits per heavy atom. The van der Waals surface area contributed by atoms with Gasteiger partial charge in [0.1, 0.15) is 0 Å². The third-order valence-corrected chi connectivity index (χ3v) is 6.08. The molecule has 0 saturated carbocycles. The molecule has 3 aromatic rings. The first kappa shape index (κ1) is 22.6. The van der Waals surface area contributed by atoms with Crippen LogP contribution in [-0.2, 0) is 39.0 Å². The molecule has 0 radical (unpaired) electrons. The van der Waals surface area contributed by atoms with Crippen LogP contribution in [0.4, 0.5) is 8.78 Å². The van der Waals surface area contributed by atoms with Crippen LogP contribution in [0.3, 0.4) is 0 Å². The molecule has 0 atom stereocenters. The zero-order valence-corrected chi connectivity index (χ0v) is 18.5. The van der Waals surface area contributed by atoms with Gasteiger partial charge in [0, 0.05) is 51.3 Å². The normalized spacial score (nSPS) is 14.0. The van der Waals surface area contributed by atoms with Gasteiger partial charge in [0.25, 0.3) is 11.5 Å². The Morgan fingerprint density at radius 1 is 1.06 bits per heavy atom. The number of hydrogen-bond acceptors (Lipinski definition) is 4. The molecule has 2 aromatic carbocycles. The topological polar surface area (TPSA) is 71.0 Å². The van der Waals surface area contributed by atoms with E-state index in [1.807, 2.05) is 18.2 Å². The Hall–Kier alpha value is -3.57. The third-order valence-electron chi connectivity index (χ3n) is 6.08. The number of rotatable bonds is 5. The summed E-state index contributed by atoms with van der Waals surface area (Å²) in [5.41, 5.74) is 2.57. The highest BCUT2D eigenvalue weighted by Gasteiger charge is 2.25. The van der Waals surface area contributed by atoms with Crippen LogP contribution in [0, 0.1) is 11.3 Å². The largest absolute Gasteiger partial charge is 0.331 e. The lowest BCUT2D eigenvalue weighted by Gasteiger charge is -2.30. The number of alkyl halides is 2. The molecule has 170 valence electrons. The maximum atomic E-state index is 13.5. The van der Waals surface area contributed by atoms with E-state index >= 15 is 0 Å². The minimum atomic E-state index is -2.95. The van der Waals surface area contributed by atoms with Gasteiger partial charge in [-0.2, -0.15) is 5.26 Å². The Morgan fingerprint density at radius 3 is 2.45 bits per heavy atom. The van der Waals surface area contributed by atoms with Crippen LogP contribution >= 0.6 is 0 Å². The molecule has 0 unspecified atom stereocenters. The maximum absolute atomic E-state index is 13.5. The van der Waals surface area contributed by atoms with Crippen LogP contribution in [0.15, 0.2) is 58.1 Å². The van der Waals surface area contributed by atoms with Crippen molar-refractivity contribution < 1.29 is 8.78 Å². The second-order valence-corrected chi connectivity index (χ2v) is 8.52. The van der Waals surface area contributed by atoms with E-state index in [9.17, 15) is 18.4 Å². The van der Waals surface area contributed by atoms with Crippen molar-refractivity contribution in [2.24, 2.45) is 7.05 Å². The van der Waals surface area contributed by atoms with Crippen LogP contribution in [0.1, 0.15) is 40.4 Å². The summed E-state index contributed by atoms with van der Waals surface area (Å²) in [6.45, 7) is 2.50. The SMILES string of the molecule is Cn1c2c(c(=O)n(Cc3ccc(C(C)(F)F)cc3)c1=O)CN(Cc1cccc(C#N)c1)CC2. The predicted octanol–water partition coefficient (Wildman–Crippen LogP) is 3.14. The molecule has 2 heterocycles. The Balaban J connectivity index is 1.62. The molecule has 8 heteroatoms. The second-order valence-electron chi connectivity index (χ2n) is 8.52. The molecule has 0 fully saturated rings. The fourth-order valence-electron chi connectivity index (χ4n) is 4.27. The third kappa shape index (κ3) is 4.64. The predicted molar refractivity (Wildman–Crippen MR) is 120 cm³/mol. The van der Waals surface area contributed by atoms with E-state index in [-0.39, 0.29) is 17.7 Å². The molecular weight excluding hydrogens is 426 g/mol. The van der Waals surface area contributed by atoms with Crippen LogP contribution in [-0.4, -0.2) is 20.6 Å². The number of hydrogen-bond donors (Lipinski definition) is 0. The van der Waals surface area contributed by atoms with Gasteiger partial charge in [-0.25, -0.2) is 13.6 Å². The summed E-state index contributed by atoms with van der Waals surface area (Å²) in [5.74, 6) is -2.95. The number of benzene rings is 2. The standard InChI is InChI=1S/C25H24F2N4O2/c1-25(26,27)20-8-6-17(7-9-20)15-31-23(32)21-16-30(11-10-22(21)29(2)24(31)33)14-19-5-3-4-18(12-19)13-28/h3-9,12H,10-11,14-16H2,1-2H3. The summed E-state index contributed by atoms with van der Waals surface area (Å²) in [7, 11) is 1.66. The van der Waals surface area contributed by atoms with Crippen molar-refractivity contribution in [3.05, 3.63) is 103 Å². The van der Waals surface area contributed by atoms with Gasteiger partial charge >= 0.3 is 5.69 Å². The van der Waals surface area contributed by atoms with E-state index in [1.54, 1.807) is 13.1 Å². The van der Waals surface area contributed by atoms with Crippen LogP contribution in [0.5, 0.6) is 0 Å². The zero-order valence-electron chi connectivity index (χ0n) is 18.5. The van der Waals surface area contributed by atoms with Gasteiger partial charge in [-0.15, -0.1) is 0 Å². The molecule has 0 bridgehead atoms. The van der Waals surface area contributed by atoms with E-state index in [0.717, 1.165) is 22.7 Å². The molecule has 1 aromatic heterocycles. The summed E-state index contributed by atoms with van der Waals surface area (Å²) < 4.78 is 29.7. The molecule has 0 N–H and O–H groups in total. The van der Waals surface area contributed by atoms with E-state index in [0.29, 0.717) is 42.7 Å².